The molecule has 116 valence electrons. The van der Waals surface area contributed by atoms with Crippen molar-refractivity contribution in [2.45, 2.75) is 19.1 Å². The lowest BCUT2D eigenvalue weighted by molar-refractivity contribution is -0.251. The molecule has 1 aromatic heterocycles. The number of imidazole rings is 1. The standard InChI is InChI=1S/C16H19N3O3/c1-16(21-8-5-9-22-16)11-18-15(20)14-10-17-12-19(14)13-6-3-2-4-7-13/h2-4,6-7,10,12H,5,8-9,11H2,1H3,(H,18,20). The number of hydrogen-bond donors (Lipinski definition) is 1. The van der Waals surface area contributed by atoms with Crippen molar-refractivity contribution >= 4 is 5.91 Å². The van der Waals surface area contributed by atoms with E-state index in [0.717, 1.165) is 12.1 Å². The summed E-state index contributed by atoms with van der Waals surface area (Å²) in [6.45, 7) is 3.43. The number of hydrogen-bond acceptors (Lipinski definition) is 4. The molecule has 3 rings (SSSR count). The van der Waals surface area contributed by atoms with Gasteiger partial charge in [0.15, 0.2) is 5.79 Å². The highest BCUT2D eigenvalue weighted by atomic mass is 16.7. The number of aromatic nitrogens is 2. The zero-order valence-corrected chi connectivity index (χ0v) is 12.5. The highest BCUT2D eigenvalue weighted by Gasteiger charge is 2.29. The Kier molecular flexibility index (Phi) is 4.22. The molecule has 1 saturated heterocycles. The Morgan fingerprint density at radius 1 is 1.32 bits per heavy atom. The van der Waals surface area contributed by atoms with Crippen LogP contribution in [0.3, 0.4) is 0 Å². The van der Waals surface area contributed by atoms with Gasteiger partial charge in [0, 0.05) is 5.69 Å². The lowest BCUT2D eigenvalue weighted by atomic mass is 10.2. The number of nitrogens with zero attached hydrogens (tertiary/aromatic N) is 2. The first-order valence-electron chi connectivity index (χ1n) is 7.32. The van der Waals surface area contributed by atoms with Crippen LogP contribution in [-0.4, -0.2) is 41.0 Å². The van der Waals surface area contributed by atoms with Crippen LogP contribution in [0, 0.1) is 0 Å². The Balaban J connectivity index is 1.70. The molecular weight excluding hydrogens is 282 g/mol. The summed E-state index contributed by atoms with van der Waals surface area (Å²) in [6.07, 6.45) is 4.05. The maximum Gasteiger partial charge on any atom is 0.270 e. The zero-order valence-electron chi connectivity index (χ0n) is 12.5. The summed E-state index contributed by atoms with van der Waals surface area (Å²) < 4.78 is 12.9. The summed E-state index contributed by atoms with van der Waals surface area (Å²) in [4.78, 5) is 16.5. The molecule has 0 radical (unpaired) electrons. The van der Waals surface area contributed by atoms with E-state index in [4.69, 9.17) is 9.47 Å². The number of para-hydroxylation sites is 1. The molecule has 6 nitrogen and oxygen atoms in total. The van der Waals surface area contributed by atoms with Gasteiger partial charge in [0.05, 0.1) is 32.3 Å². The normalized spacial score (nSPS) is 17.1. The van der Waals surface area contributed by atoms with Crippen LogP contribution in [0.2, 0.25) is 0 Å². The molecule has 1 aliphatic rings. The van der Waals surface area contributed by atoms with Crippen molar-refractivity contribution in [3.05, 3.63) is 48.5 Å². The molecule has 1 fully saturated rings. The predicted molar refractivity (Wildman–Crippen MR) is 80.8 cm³/mol. The van der Waals surface area contributed by atoms with Crippen LogP contribution in [-0.2, 0) is 9.47 Å². The fraction of sp³-hybridized carbons (Fsp3) is 0.375. The van der Waals surface area contributed by atoms with Crippen molar-refractivity contribution in [3.8, 4) is 5.69 Å². The van der Waals surface area contributed by atoms with Gasteiger partial charge < -0.3 is 14.8 Å². The number of amides is 1. The molecule has 0 saturated carbocycles. The largest absolute Gasteiger partial charge is 0.348 e. The van der Waals surface area contributed by atoms with Gasteiger partial charge in [0.1, 0.15) is 5.69 Å². The average molecular weight is 301 g/mol. The third kappa shape index (κ3) is 3.18. The highest BCUT2D eigenvalue weighted by Crippen LogP contribution is 2.17. The average Bonchev–Trinajstić information content (AvgIpc) is 3.04. The van der Waals surface area contributed by atoms with Crippen LogP contribution < -0.4 is 5.32 Å². The maximum atomic E-state index is 12.4. The van der Waals surface area contributed by atoms with Gasteiger partial charge in [-0.15, -0.1) is 0 Å². The zero-order chi connectivity index (χ0) is 15.4. The fourth-order valence-corrected chi connectivity index (χ4v) is 2.37. The summed E-state index contributed by atoms with van der Waals surface area (Å²) in [5, 5.41) is 2.86. The first-order valence-corrected chi connectivity index (χ1v) is 7.32. The van der Waals surface area contributed by atoms with Crippen LogP contribution in [0.25, 0.3) is 5.69 Å². The summed E-state index contributed by atoms with van der Waals surface area (Å²) in [7, 11) is 0. The van der Waals surface area contributed by atoms with Gasteiger partial charge in [-0.2, -0.15) is 0 Å². The van der Waals surface area contributed by atoms with E-state index in [-0.39, 0.29) is 5.91 Å². The molecule has 0 atom stereocenters. The van der Waals surface area contributed by atoms with Gasteiger partial charge >= 0.3 is 0 Å². The van der Waals surface area contributed by atoms with Gasteiger partial charge in [0.2, 0.25) is 0 Å². The Bertz CT molecular complexity index is 633. The summed E-state index contributed by atoms with van der Waals surface area (Å²) in [5.74, 6) is -0.966. The smallest absolute Gasteiger partial charge is 0.270 e. The van der Waals surface area contributed by atoms with Crippen molar-refractivity contribution in [2.24, 2.45) is 0 Å². The van der Waals surface area contributed by atoms with Crippen molar-refractivity contribution in [1.29, 1.82) is 0 Å². The van der Waals surface area contributed by atoms with E-state index < -0.39 is 5.79 Å². The number of ether oxygens (including phenoxy) is 2. The molecule has 2 heterocycles. The van der Waals surface area contributed by atoms with Crippen LogP contribution in [0.4, 0.5) is 0 Å². The van der Waals surface area contributed by atoms with Gasteiger partial charge in [-0.3, -0.25) is 9.36 Å². The monoisotopic (exact) mass is 301 g/mol. The molecular formula is C16H19N3O3. The minimum atomic E-state index is -0.758. The third-order valence-electron chi connectivity index (χ3n) is 3.58. The molecule has 2 aromatic rings. The van der Waals surface area contributed by atoms with E-state index in [0.29, 0.717) is 25.5 Å². The molecule has 1 aliphatic heterocycles. The quantitative estimate of drug-likeness (QED) is 0.934. The van der Waals surface area contributed by atoms with E-state index in [2.05, 4.69) is 10.3 Å². The lowest BCUT2D eigenvalue weighted by Gasteiger charge is -2.33. The second kappa shape index (κ2) is 6.29. The Labute approximate surface area is 129 Å². The van der Waals surface area contributed by atoms with E-state index in [1.165, 1.54) is 0 Å². The lowest BCUT2D eigenvalue weighted by Crippen LogP contribution is -2.47. The SMILES string of the molecule is CC1(CNC(=O)c2cncn2-c2ccccc2)OCCCO1. The number of rotatable bonds is 4. The van der Waals surface area contributed by atoms with E-state index in [1.54, 1.807) is 17.1 Å². The number of carbonyl (C=O) groups excluding carboxylic acids is 1. The van der Waals surface area contributed by atoms with E-state index in [9.17, 15) is 4.79 Å². The molecule has 0 bridgehead atoms. The molecule has 22 heavy (non-hydrogen) atoms. The third-order valence-corrected chi connectivity index (χ3v) is 3.58. The van der Waals surface area contributed by atoms with Crippen LogP contribution in [0.15, 0.2) is 42.9 Å². The first-order chi connectivity index (χ1) is 10.7. The van der Waals surface area contributed by atoms with Gasteiger partial charge in [0.25, 0.3) is 5.91 Å². The fourth-order valence-electron chi connectivity index (χ4n) is 2.37. The molecule has 1 amide bonds. The highest BCUT2D eigenvalue weighted by molar-refractivity contribution is 5.93. The topological polar surface area (TPSA) is 65.4 Å². The van der Waals surface area contributed by atoms with E-state index >= 15 is 0 Å². The Morgan fingerprint density at radius 3 is 2.77 bits per heavy atom. The molecule has 1 N–H and O–H groups in total. The van der Waals surface area contributed by atoms with Gasteiger partial charge in [-0.1, -0.05) is 18.2 Å². The minimum absolute atomic E-state index is 0.208. The Hall–Kier alpha value is -2.18. The molecule has 0 unspecified atom stereocenters. The predicted octanol–water partition coefficient (Wildman–Crippen LogP) is 1.76. The molecule has 0 aliphatic carbocycles. The van der Waals surface area contributed by atoms with Crippen LogP contribution >= 0.6 is 0 Å². The summed E-state index contributed by atoms with van der Waals surface area (Å²) >= 11 is 0. The van der Waals surface area contributed by atoms with E-state index in [1.807, 2.05) is 37.3 Å². The second-order valence-corrected chi connectivity index (χ2v) is 5.35. The van der Waals surface area contributed by atoms with Crippen LogP contribution in [0.1, 0.15) is 23.8 Å². The Morgan fingerprint density at radius 2 is 2.05 bits per heavy atom. The minimum Gasteiger partial charge on any atom is -0.348 e. The second-order valence-electron chi connectivity index (χ2n) is 5.35. The van der Waals surface area contributed by atoms with Crippen molar-refractivity contribution in [2.75, 3.05) is 19.8 Å². The summed E-state index contributed by atoms with van der Waals surface area (Å²) in [5.41, 5.74) is 1.37. The van der Waals surface area contributed by atoms with Gasteiger partial charge in [-0.05, 0) is 25.5 Å². The first kappa shape index (κ1) is 14.7. The number of carbonyl (C=O) groups is 1. The number of nitrogens with one attached hydrogen (secondary N) is 1. The summed E-state index contributed by atoms with van der Waals surface area (Å²) in [6, 6.07) is 9.61. The van der Waals surface area contributed by atoms with Crippen molar-refractivity contribution in [3.63, 3.8) is 0 Å². The van der Waals surface area contributed by atoms with Crippen molar-refractivity contribution < 1.29 is 14.3 Å². The maximum absolute atomic E-state index is 12.4. The van der Waals surface area contributed by atoms with Crippen LogP contribution in [0.5, 0.6) is 0 Å². The van der Waals surface area contributed by atoms with Crippen molar-refractivity contribution in [1.82, 2.24) is 14.9 Å². The molecule has 1 aromatic carbocycles. The molecule has 0 spiro atoms. The van der Waals surface area contributed by atoms with Gasteiger partial charge in [-0.25, -0.2) is 4.98 Å². The number of benzene rings is 1. The molecule has 6 heteroatoms.